The molecule has 3 aromatic carbocycles. The van der Waals surface area contributed by atoms with Gasteiger partial charge in [-0.3, -0.25) is 14.9 Å². The van der Waals surface area contributed by atoms with Crippen LogP contribution in [0.4, 0.5) is 10.5 Å². The maximum Gasteiger partial charge on any atom is 0.335 e. The second-order valence-electron chi connectivity index (χ2n) is 8.97. The summed E-state index contributed by atoms with van der Waals surface area (Å²) in [6, 6.07) is 15.4. The van der Waals surface area contributed by atoms with Crippen molar-refractivity contribution in [3.8, 4) is 11.5 Å². The average Bonchev–Trinajstić information content (AvgIpc) is 2.84. The predicted molar refractivity (Wildman–Crippen MR) is 148 cm³/mol. The third-order valence-electron chi connectivity index (χ3n) is 5.96. The third kappa shape index (κ3) is 5.89. The van der Waals surface area contributed by atoms with Crippen molar-refractivity contribution in [2.75, 3.05) is 18.1 Å². The van der Waals surface area contributed by atoms with Gasteiger partial charge in [0.05, 0.1) is 18.9 Å². The molecule has 3 aromatic rings. The molecule has 0 unspecified atom stereocenters. The molecule has 1 N–H and O–H groups in total. The fourth-order valence-electron chi connectivity index (χ4n) is 4.46. The van der Waals surface area contributed by atoms with E-state index in [4.69, 9.17) is 21.1 Å². The van der Waals surface area contributed by atoms with Gasteiger partial charge < -0.3 is 9.47 Å². The molecule has 0 bridgehead atoms. The molecule has 1 aliphatic heterocycles. The number of aryl methyl sites for hydroxylation is 2. The van der Waals surface area contributed by atoms with Crippen molar-refractivity contribution < 1.29 is 23.9 Å². The van der Waals surface area contributed by atoms with Crippen LogP contribution in [-0.4, -0.2) is 31.1 Å². The number of ether oxygens (including phenoxy) is 2. The number of hydrogen-bond donors (Lipinski definition) is 1. The summed E-state index contributed by atoms with van der Waals surface area (Å²) in [4.78, 5) is 39.5. The predicted octanol–water partition coefficient (Wildman–Crippen LogP) is 6.01. The summed E-state index contributed by atoms with van der Waals surface area (Å²) in [5, 5.41) is 2.69. The van der Waals surface area contributed by atoms with Crippen LogP contribution in [-0.2, 0) is 16.0 Å². The zero-order chi connectivity index (χ0) is 27.4. The van der Waals surface area contributed by atoms with Gasteiger partial charge in [0, 0.05) is 17.0 Å². The van der Waals surface area contributed by atoms with E-state index in [1.807, 2.05) is 27.7 Å². The van der Waals surface area contributed by atoms with Crippen molar-refractivity contribution in [2.45, 2.75) is 34.1 Å². The Labute approximate surface area is 227 Å². The smallest absolute Gasteiger partial charge is 0.335 e. The second-order valence-corrected chi connectivity index (χ2v) is 9.38. The van der Waals surface area contributed by atoms with E-state index in [0.29, 0.717) is 47.4 Å². The molecule has 0 saturated carbocycles. The molecular formula is C30H29ClN2O5. The topological polar surface area (TPSA) is 84.9 Å². The number of nitrogens with one attached hydrogen (secondary N) is 1. The Kier molecular flexibility index (Phi) is 8.17. The van der Waals surface area contributed by atoms with Gasteiger partial charge in [-0.15, -0.1) is 0 Å². The maximum atomic E-state index is 13.3. The van der Waals surface area contributed by atoms with Gasteiger partial charge in [-0.1, -0.05) is 40.9 Å². The molecular weight excluding hydrogens is 504 g/mol. The van der Waals surface area contributed by atoms with E-state index in [0.717, 1.165) is 27.2 Å². The molecule has 196 valence electrons. The lowest BCUT2D eigenvalue weighted by Crippen LogP contribution is -2.54. The summed E-state index contributed by atoms with van der Waals surface area (Å²) < 4.78 is 11.3. The highest BCUT2D eigenvalue weighted by atomic mass is 35.5. The van der Waals surface area contributed by atoms with Crippen LogP contribution in [0.2, 0.25) is 5.02 Å². The summed E-state index contributed by atoms with van der Waals surface area (Å²) in [6.07, 6.45) is 1.98. The number of halogens is 1. The van der Waals surface area contributed by atoms with Crippen molar-refractivity contribution in [1.29, 1.82) is 0 Å². The first kappa shape index (κ1) is 26.9. The van der Waals surface area contributed by atoms with Crippen LogP contribution in [0.5, 0.6) is 11.5 Å². The van der Waals surface area contributed by atoms with E-state index in [9.17, 15) is 14.4 Å². The first-order valence-electron chi connectivity index (χ1n) is 12.4. The SMILES string of the molecule is CCOc1ccc(N2C(=O)NC(=O)/C(=C\c3cc(Cl)c(Cc4cc(C)cc(C)c4)c(OCC)c3)C2=O)cc1. The monoisotopic (exact) mass is 532 g/mol. The molecule has 1 fully saturated rings. The van der Waals surface area contributed by atoms with E-state index in [1.54, 1.807) is 36.4 Å². The summed E-state index contributed by atoms with van der Waals surface area (Å²) in [6.45, 7) is 8.72. The largest absolute Gasteiger partial charge is 0.494 e. The third-order valence-corrected chi connectivity index (χ3v) is 6.29. The van der Waals surface area contributed by atoms with E-state index in [1.165, 1.54) is 6.08 Å². The summed E-state index contributed by atoms with van der Waals surface area (Å²) in [5.41, 5.74) is 4.84. The lowest BCUT2D eigenvalue weighted by atomic mass is 9.98. The lowest BCUT2D eigenvalue weighted by Gasteiger charge is -2.26. The molecule has 0 spiro atoms. The number of nitrogens with zero attached hydrogens (tertiary/aromatic N) is 1. The molecule has 4 rings (SSSR count). The highest BCUT2D eigenvalue weighted by Crippen LogP contribution is 2.33. The van der Waals surface area contributed by atoms with Crippen LogP contribution in [0.15, 0.2) is 60.2 Å². The number of carbonyl (C=O) groups is 3. The number of imide groups is 2. The Hall–Kier alpha value is -4.10. The van der Waals surface area contributed by atoms with Crippen LogP contribution in [0.3, 0.4) is 0 Å². The normalized spacial score (nSPS) is 14.6. The summed E-state index contributed by atoms with van der Waals surface area (Å²) >= 11 is 6.71. The number of rotatable bonds is 8. The minimum atomic E-state index is -0.821. The van der Waals surface area contributed by atoms with Gasteiger partial charge in [0.1, 0.15) is 17.1 Å². The number of carbonyl (C=O) groups excluding carboxylic acids is 3. The Morgan fingerprint density at radius 1 is 0.895 bits per heavy atom. The zero-order valence-corrected chi connectivity index (χ0v) is 22.5. The van der Waals surface area contributed by atoms with Crippen molar-refractivity contribution in [2.24, 2.45) is 0 Å². The highest BCUT2D eigenvalue weighted by molar-refractivity contribution is 6.39. The number of benzene rings is 3. The van der Waals surface area contributed by atoms with Gasteiger partial charge in [0.15, 0.2) is 0 Å². The molecule has 0 radical (unpaired) electrons. The highest BCUT2D eigenvalue weighted by Gasteiger charge is 2.37. The Morgan fingerprint density at radius 2 is 1.55 bits per heavy atom. The molecule has 8 heteroatoms. The second kappa shape index (κ2) is 11.5. The lowest BCUT2D eigenvalue weighted by molar-refractivity contribution is -0.122. The Morgan fingerprint density at radius 3 is 2.18 bits per heavy atom. The minimum absolute atomic E-state index is 0.195. The van der Waals surface area contributed by atoms with Crippen molar-refractivity contribution in [3.05, 3.63) is 93.0 Å². The van der Waals surface area contributed by atoms with E-state index >= 15 is 0 Å². The molecule has 4 amide bonds. The quantitative estimate of drug-likeness (QED) is 0.283. The summed E-state index contributed by atoms with van der Waals surface area (Å²) in [7, 11) is 0. The maximum absolute atomic E-state index is 13.3. The fraction of sp³-hybridized carbons (Fsp3) is 0.233. The number of barbiturate groups is 1. The minimum Gasteiger partial charge on any atom is -0.494 e. The Bertz CT molecular complexity index is 1410. The zero-order valence-electron chi connectivity index (χ0n) is 21.8. The van der Waals surface area contributed by atoms with Crippen LogP contribution < -0.4 is 19.7 Å². The molecule has 1 aliphatic rings. The molecule has 0 atom stereocenters. The van der Waals surface area contributed by atoms with Gasteiger partial charge in [-0.25, -0.2) is 9.69 Å². The van der Waals surface area contributed by atoms with Crippen LogP contribution >= 0.6 is 11.6 Å². The van der Waals surface area contributed by atoms with Crippen molar-refractivity contribution >= 4 is 41.2 Å². The molecule has 1 heterocycles. The molecule has 7 nitrogen and oxygen atoms in total. The van der Waals surface area contributed by atoms with Crippen molar-refractivity contribution in [3.63, 3.8) is 0 Å². The van der Waals surface area contributed by atoms with Gasteiger partial charge in [0.25, 0.3) is 11.8 Å². The van der Waals surface area contributed by atoms with Crippen LogP contribution in [0.25, 0.3) is 6.08 Å². The Balaban J connectivity index is 1.69. The number of urea groups is 1. The van der Waals surface area contributed by atoms with Crippen molar-refractivity contribution in [1.82, 2.24) is 5.32 Å². The van der Waals surface area contributed by atoms with Gasteiger partial charge >= 0.3 is 6.03 Å². The van der Waals surface area contributed by atoms with Gasteiger partial charge in [-0.05, 0) is 81.3 Å². The van der Waals surface area contributed by atoms with Gasteiger partial charge in [-0.2, -0.15) is 0 Å². The fourth-order valence-corrected chi connectivity index (χ4v) is 4.75. The van der Waals surface area contributed by atoms with Gasteiger partial charge in [0.2, 0.25) is 0 Å². The number of hydrogen-bond acceptors (Lipinski definition) is 5. The molecule has 0 aromatic heterocycles. The average molecular weight is 533 g/mol. The first-order valence-corrected chi connectivity index (χ1v) is 12.7. The van der Waals surface area contributed by atoms with E-state index < -0.39 is 17.8 Å². The first-order chi connectivity index (χ1) is 18.2. The van der Waals surface area contributed by atoms with Crippen LogP contribution in [0.1, 0.15) is 41.7 Å². The number of amides is 4. The van der Waals surface area contributed by atoms with Crippen LogP contribution in [0, 0.1) is 13.8 Å². The number of anilines is 1. The molecule has 0 aliphatic carbocycles. The standard InChI is InChI=1S/C30H29ClN2O5/c1-5-37-23-9-7-22(8-10-23)33-29(35)25(28(34)32-30(33)36)15-21-16-26(31)24(27(17-21)38-6-2)14-20-12-18(3)11-19(4)13-20/h7-13,15-17H,5-6,14H2,1-4H3,(H,32,34,36)/b25-15+. The summed E-state index contributed by atoms with van der Waals surface area (Å²) in [5.74, 6) is -0.354. The van der Waals surface area contributed by atoms with E-state index in [2.05, 4.69) is 23.5 Å². The van der Waals surface area contributed by atoms with E-state index in [-0.39, 0.29) is 5.57 Å². The molecule has 1 saturated heterocycles. The molecule has 38 heavy (non-hydrogen) atoms.